The number of nitrogens with zero attached hydrogens (tertiary/aromatic N) is 3. The summed E-state index contributed by atoms with van der Waals surface area (Å²) in [5.74, 6) is 2.44. The standard InChI is InChI=1S/C26H25FN4O/c1-16-28-13-10-24(29-16)31-15-18-4-8-21(18)22-14-19(5-9-23(22)31)26(11-12-26)30-25(32)17-2-6-20(27)7-3-17/h2-3,5-7,9-10,13-14,18,21H,4,8,11-12,15H2,1H3,(H,30,32)/t18-,21-/m1/s1. The van der Waals surface area contributed by atoms with E-state index in [4.69, 9.17) is 0 Å². The van der Waals surface area contributed by atoms with Crippen LogP contribution in [0.25, 0.3) is 0 Å². The Morgan fingerprint density at radius 3 is 2.62 bits per heavy atom. The molecule has 1 aromatic heterocycles. The maximum atomic E-state index is 13.2. The summed E-state index contributed by atoms with van der Waals surface area (Å²) in [4.78, 5) is 24.1. The van der Waals surface area contributed by atoms with Crippen molar-refractivity contribution in [1.82, 2.24) is 15.3 Å². The lowest BCUT2D eigenvalue weighted by Gasteiger charge is -2.47. The zero-order chi connectivity index (χ0) is 21.9. The summed E-state index contributed by atoms with van der Waals surface area (Å²) in [5, 5.41) is 3.23. The van der Waals surface area contributed by atoms with E-state index in [1.807, 2.05) is 19.2 Å². The van der Waals surface area contributed by atoms with Gasteiger partial charge in [0.25, 0.3) is 5.91 Å². The molecule has 1 N–H and O–H groups in total. The number of rotatable bonds is 4. The molecule has 0 spiro atoms. The third-order valence-corrected chi connectivity index (χ3v) is 7.35. The molecule has 0 unspecified atom stereocenters. The highest BCUT2D eigenvalue weighted by Crippen LogP contribution is 2.54. The van der Waals surface area contributed by atoms with E-state index in [9.17, 15) is 9.18 Å². The maximum Gasteiger partial charge on any atom is 0.251 e. The number of halogens is 1. The first-order valence-electron chi connectivity index (χ1n) is 11.3. The van der Waals surface area contributed by atoms with Crippen LogP contribution in [0.4, 0.5) is 15.9 Å². The van der Waals surface area contributed by atoms with E-state index in [2.05, 4.69) is 38.4 Å². The molecule has 3 aliphatic rings. The molecule has 0 radical (unpaired) electrons. The van der Waals surface area contributed by atoms with Crippen LogP contribution < -0.4 is 10.2 Å². The van der Waals surface area contributed by atoms with Crippen LogP contribution in [0.5, 0.6) is 0 Å². The van der Waals surface area contributed by atoms with Gasteiger partial charge in [-0.05, 0) is 92.0 Å². The lowest BCUT2D eigenvalue weighted by molar-refractivity contribution is 0.0930. The summed E-state index contributed by atoms with van der Waals surface area (Å²) in [5.41, 5.74) is 3.91. The SMILES string of the molecule is Cc1nccc(N2C[C@H]3CC[C@H]3c3cc(C4(NC(=O)c5ccc(F)cc5)CC4)ccc32)n1. The number of benzene rings is 2. The Balaban J connectivity index is 1.32. The number of aromatic nitrogens is 2. The maximum absolute atomic E-state index is 13.2. The number of anilines is 2. The average Bonchev–Trinajstić information content (AvgIpc) is 3.54. The van der Waals surface area contributed by atoms with Gasteiger partial charge in [0, 0.05) is 24.0 Å². The number of carbonyl (C=O) groups excluding carboxylic acids is 1. The van der Waals surface area contributed by atoms with Crippen molar-refractivity contribution in [2.75, 3.05) is 11.4 Å². The van der Waals surface area contributed by atoms with Crippen molar-refractivity contribution in [3.8, 4) is 0 Å². The minimum atomic E-state index is -0.337. The van der Waals surface area contributed by atoms with Crippen molar-refractivity contribution in [3.63, 3.8) is 0 Å². The van der Waals surface area contributed by atoms with Crippen LogP contribution >= 0.6 is 0 Å². The lowest BCUT2D eigenvalue weighted by Crippen LogP contribution is -2.41. The van der Waals surface area contributed by atoms with Crippen LogP contribution in [-0.2, 0) is 5.54 Å². The molecule has 0 bridgehead atoms. The summed E-state index contributed by atoms with van der Waals surface area (Å²) >= 11 is 0. The number of fused-ring (bicyclic) bond motifs is 3. The molecular weight excluding hydrogens is 403 g/mol. The predicted molar refractivity (Wildman–Crippen MR) is 120 cm³/mol. The topological polar surface area (TPSA) is 58.1 Å². The molecule has 2 fully saturated rings. The Bertz CT molecular complexity index is 1200. The quantitative estimate of drug-likeness (QED) is 0.636. The molecule has 6 heteroatoms. The molecule has 2 aliphatic carbocycles. The van der Waals surface area contributed by atoms with Crippen LogP contribution in [0.2, 0.25) is 0 Å². The molecule has 1 aliphatic heterocycles. The number of hydrogen-bond donors (Lipinski definition) is 1. The van der Waals surface area contributed by atoms with E-state index in [-0.39, 0.29) is 17.3 Å². The van der Waals surface area contributed by atoms with Crippen molar-refractivity contribution >= 4 is 17.4 Å². The second-order valence-corrected chi connectivity index (χ2v) is 9.33. The van der Waals surface area contributed by atoms with Gasteiger partial charge in [-0.15, -0.1) is 0 Å². The molecule has 3 aromatic rings. The van der Waals surface area contributed by atoms with Gasteiger partial charge in [0.15, 0.2) is 0 Å². The summed E-state index contributed by atoms with van der Waals surface area (Å²) < 4.78 is 13.2. The molecule has 2 heterocycles. The molecule has 2 aromatic carbocycles. The van der Waals surface area contributed by atoms with E-state index in [1.54, 1.807) is 0 Å². The Morgan fingerprint density at radius 2 is 1.94 bits per heavy atom. The summed E-state index contributed by atoms with van der Waals surface area (Å²) in [6, 6.07) is 14.4. The highest BCUT2D eigenvalue weighted by molar-refractivity contribution is 5.95. The summed E-state index contributed by atoms with van der Waals surface area (Å²) in [6.45, 7) is 2.91. The van der Waals surface area contributed by atoms with Crippen molar-refractivity contribution in [1.29, 1.82) is 0 Å². The molecular formula is C26H25FN4O. The van der Waals surface area contributed by atoms with Crippen molar-refractivity contribution in [3.05, 3.63) is 83.1 Å². The van der Waals surface area contributed by atoms with Crippen molar-refractivity contribution in [2.45, 2.75) is 44.1 Å². The van der Waals surface area contributed by atoms with Crippen LogP contribution in [0.3, 0.4) is 0 Å². The second-order valence-electron chi connectivity index (χ2n) is 9.33. The highest BCUT2D eigenvalue weighted by Gasteiger charge is 2.47. The molecule has 6 rings (SSSR count). The van der Waals surface area contributed by atoms with E-state index in [0.29, 0.717) is 17.4 Å². The van der Waals surface area contributed by atoms with Gasteiger partial charge in [0.1, 0.15) is 17.5 Å². The third kappa shape index (κ3) is 3.17. The molecule has 1 amide bonds. The van der Waals surface area contributed by atoms with Gasteiger partial charge in [0.2, 0.25) is 0 Å². The van der Waals surface area contributed by atoms with Gasteiger partial charge in [-0.1, -0.05) is 12.1 Å². The van der Waals surface area contributed by atoms with E-state index in [1.165, 1.54) is 48.4 Å². The summed E-state index contributed by atoms with van der Waals surface area (Å²) in [6.07, 6.45) is 6.11. The Hall–Kier alpha value is -3.28. The first-order chi connectivity index (χ1) is 15.5. The zero-order valence-electron chi connectivity index (χ0n) is 18.0. The molecule has 5 nitrogen and oxygen atoms in total. The van der Waals surface area contributed by atoms with E-state index in [0.717, 1.165) is 36.6 Å². The van der Waals surface area contributed by atoms with Crippen LogP contribution in [0, 0.1) is 18.7 Å². The van der Waals surface area contributed by atoms with Crippen LogP contribution in [-0.4, -0.2) is 22.4 Å². The zero-order valence-corrected chi connectivity index (χ0v) is 18.0. The number of aryl methyl sites for hydroxylation is 1. The molecule has 2 saturated carbocycles. The van der Waals surface area contributed by atoms with Crippen molar-refractivity contribution in [2.24, 2.45) is 5.92 Å². The van der Waals surface area contributed by atoms with Crippen molar-refractivity contribution < 1.29 is 9.18 Å². The fraction of sp³-hybridized carbons (Fsp3) is 0.346. The summed E-state index contributed by atoms with van der Waals surface area (Å²) in [7, 11) is 0. The Morgan fingerprint density at radius 1 is 1.12 bits per heavy atom. The molecule has 162 valence electrons. The Kier molecular flexibility index (Phi) is 4.32. The second kappa shape index (κ2) is 7.12. The highest BCUT2D eigenvalue weighted by atomic mass is 19.1. The number of hydrogen-bond acceptors (Lipinski definition) is 4. The van der Waals surface area contributed by atoms with E-state index < -0.39 is 0 Å². The van der Waals surface area contributed by atoms with Gasteiger partial charge in [-0.2, -0.15) is 0 Å². The first-order valence-corrected chi connectivity index (χ1v) is 11.3. The molecule has 32 heavy (non-hydrogen) atoms. The average molecular weight is 429 g/mol. The monoisotopic (exact) mass is 428 g/mol. The van der Waals surface area contributed by atoms with E-state index >= 15 is 0 Å². The number of carbonyl (C=O) groups is 1. The number of nitrogens with one attached hydrogen (secondary N) is 1. The minimum Gasteiger partial charge on any atom is -0.343 e. The fourth-order valence-electron chi connectivity index (χ4n) is 5.24. The van der Waals surface area contributed by atoms with Gasteiger partial charge in [-0.25, -0.2) is 14.4 Å². The lowest BCUT2D eigenvalue weighted by atomic mass is 9.66. The predicted octanol–water partition coefficient (Wildman–Crippen LogP) is 4.99. The van der Waals surface area contributed by atoms with Gasteiger partial charge in [0.05, 0.1) is 5.54 Å². The van der Waals surface area contributed by atoms with Gasteiger partial charge < -0.3 is 10.2 Å². The first kappa shape index (κ1) is 19.4. The Labute approximate surface area is 186 Å². The molecule has 0 saturated heterocycles. The van der Waals surface area contributed by atoms with Crippen LogP contribution in [0.1, 0.15) is 58.9 Å². The van der Waals surface area contributed by atoms with Crippen LogP contribution in [0.15, 0.2) is 54.7 Å². The van der Waals surface area contributed by atoms with Gasteiger partial charge in [-0.3, -0.25) is 4.79 Å². The third-order valence-electron chi connectivity index (χ3n) is 7.35. The normalized spacial score (nSPS) is 22.4. The molecule has 2 atom stereocenters. The minimum absolute atomic E-state index is 0.153. The smallest absolute Gasteiger partial charge is 0.251 e. The largest absolute Gasteiger partial charge is 0.343 e. The van der Waals surface area contributed by atoms with Gasteiger partial charge >= 0.3 is 0 Å². The fourth-order valence-corrected chi connectivity index (χ4v) is 5.24. The number of amides is 1.